The average Bonchev–Trinajstić information content (AvgIpc) is 3.19. The average molecular weight is 499 g/mol. The first-order valence-electron chi connectivity index (χ1n) is 11.5. The number of hydrogen-bond donors (Lipinski definition) is 1. The molecule has 1 heterocycles. The van der Waals surface area contributed by atoms with Crippen LogP contribution < -0.4 is 10.1 Å². The number of benzene rings is 2. The minimum atomic E-state index is -0.274. The number of amides is 1. The minimum Gasteiger partial charge on any atom is -0.482 e. The highest BCUT2D eigenvalue weighted by molar-refractivity contribution is 7.99. The topological polar surface area (TPSA) is 69.0 Å². The van der Waals surface area contributed by atoms with E-state index in [1.807, 2.05) is 55.6 Å². The fraction of sp³-hybridized carbons (Fsp3) is 0.423. The number of carbonyl (C=O) groups excluding carboxylic acids is 1. The van der Waals surface area contributed by atoms with E-state index < -0.39 is 0 Å². The molecule has 0 bridgehead atoms. The molecule has 0 radical (unpaired) electrons. The van der Waals surface area contributed by atoms with Gasteiger partial charge in [0.1, 0.15) is 5.75 Å². The van der Waals surface area contributed by atoms with Crippen LogP contribution in [0.1, 0.15) is 58.0 Å². The molecule has 1 unspecified atom stereocenters. The second kappa shape index (κ2) is 12.3. The number of nitrogens with zero attached hydrogens (tertiary/aromatic N) is 3. The van der Waals surface area contributed by atoms with E-state index in [9.17, 15) is 4.79 Å². The highest BCUT2D eigenvalue weighted by Crippen LogP contribution is 2.31. The zero-order chi connectivity index (χ0) is 24.7. The largest absolute Gasteiger partial charge is 0.482 e. The summed E-state index contributed by atoms with van der Waals surface area (Å²) in [5.74, 6) is 2.57. The van der Waals surface area contributed by atoms with Crippen molar-refractivity contribution in [3.05, 3.63) is 59.9 Å². The summed E-state index contributed by atoms with van der Waals surface area (Å²) in [4.78, 5) is 13.7. The smallest absolute Gasteiger partial charge is 0.234 e. The molecule has 8 heteroatoms. The van der Waals surface area contributed by atoms with Crippen LogP contribution in [0.25, 0.3) is 0 Å². The normalized spacial score (nSPS) is 12.2. The molecule has 1 atom stereocenters. The Morgan fingerprint density at radius 2 is 1.82 bits per heavy atom. The number of nitrogens with one attached hydrogen (secondary N) is 1. The Morgan fingerprint density at radius 1 is 1.06 bits per heavy atom. The summed E-state index contributed by atoms with van der Waals surface area (Å²) in [5.41, 5.74) is 1.97. The van der Waals surface area contributed by atoms with E-state index in [4.69, 9.17) is 4.74 Å². The minimum absolute atomic E-state index is 0.0703. The van der Waals surface area contributed by atoms with Gasteiger partial charge in [-0.3, -0.25) is 4.79 Å². The van der Waals surface area contributed by atoms with Crippen molar-refractivity contribution in [3.8, 4) is 5.75 Å². The van der Waals surface area contributed by atoms with Gasteiger partial charge in [-0.2, -0.15) is 0 Å². The highest BCUT2D eigenvalue weighted by Gasteiger charge is 2.22. The molecule has 34 heavy (non-hydrogen) atoms. The molecule has 1 aromatic heterocycles. The number of aromatic nitrogens is 3. The van der Waals surface area contributed by atoms with Crippen LogP contribution in [0.4, 0.5) is 5.69 Å². The van der Waals surface area contributed by atoms with Crippen LogP contribution in [0.2, 0.25) is 0 Å². The quantitative estimate of drug-likeness (QED) is 0.299. The summed E-state index contributed by atoms with van der Waals surface area (Å²) >= 11 is 3.04. The molecule has 182 valence electrons. The molecular weight excluding hydrogens is 464 g/mol. The van der Waals surface area contributed by atoms with Crippen molar-refractivity contribution in [2.75, 3.05) is 17.3 Å². The van der Waals surface area contributed by atoms with Crippen molar-refractivity contribution >= 4 is 35.1 Å². The van der Waals surface area contributed by atoms with E-state index in [0.29, 0.717) is 11.8 Å². The van der Waals surface area contributed by atoms with Crippen molar-refractivity contribution in [2.24, 2.45) is 5.92 Å². The first-order valence-corrected chi connectivity index (χ1v) is 13.7. The summed E-state index contributed by atoms with van der Waals surface area (Å²) in [5, 5.41) is 12.6. The molecule has 1 amide bonds. The Kier molecular flexibility index (Phi) is 9.47. The van der Waals surface area contributed by atoms with E-state index in [2.05, 4.69) is 53.8 Å². The fourth-order valence-corrected chi connectivity index (χ4v) is 4.79. The number of thioether (sulfide) groups is 2. The maximum Gasteiger partial charge on any atom is 0.234 e. The molecule has 0 aliphatic carbocycles. The maximum absolute atomic E-state index is 12.6. The van der Waals surface area contributed by atoms with Gasteiger partial charge < -0.3 is 14.6 Å². The van der Waals surface area contributed by atoms with Crippen LogP contribution in [0.5, 0.6) is 5.75 Å². The summed E-state index contributed by atoms with van der Waals surface area (Å²) in [6.07, 6.45) is 1.74. The number of rotatable bonds is 11. The second-order valence-electron chi connectivity index (χ2n) is 8.87. The standard InChI is InChI=1S/C26H34N4O2S2/c1-17(2)15-30-25(19(5)32-23-13-8-7-12-22(23)18(3)4)28-29-26(30)34-16-24(31)27-20-10-9-11-21(14-20)33-6/h7-14,17-19H,15-16H2,1-6H3,(H,27,31). The zero-order valence-corrected chi connectivity index (χ0v) is 22.4. The molecule has 0 saturated carbocycles. The molecule has 6 nitrogen and oxygen atoms in total. The SMILES string of the molecule is CSc1cccc(NC(=O)CSc2nnc(C(C)Oc3ccccc3C(C)C)n2CC(C)C)c1. The van der Waals surface area contributed by atoms with Gasteiger partial charge in [-0.1, -0.05) is 63.7 Å². The molecular formula is C26H34N4O2S2. The Balaban J connectivity index is 1.72. The molecule has 2 aromatic carbocycles. The zero-order valence-electron chi connectivity index (χ0n) is 20.7. The van der Waals surface area contributed by atoms with Gasteiger partial charge in [0.2, 0.25) is 5.91 Å². The molecule has 3 rings (SSSR count). The van der Waals surface area contributed by atoms with Gasteiger partial charge in [-0.25, -0.2) is 0 Å². The summed E-state index contributed by atoms with van der Waals surface area (Å²) in [6, 6.07) is 16.0. The molecule has 0 spiro atoms. The molecule has 0 fully saturated rings. The summed E-state index contributed by atoms with van der Waals surface area (Å²) in [7, 11) is 0. The van der Waals surface area contributed by atoms with Gasteiger partial charge in [-0.15, -0.1) is 22.0 Å². The predicted octanol–water partition coefficient (Wildman–Crippen LogP) is 6.65. The van der Waals surface area contributed by atoms with Crippen LogP contribution >= 0.6 is 23.5 Å². The highest BCUT2D eigenvalue weighted by atomic mass is 32.2. The Hall–Kier alpha value is -2.45. The Bertz CT molecular complexity index is 1100. The van der Waals surface area contributed by atoms with Gasteiger partial charge in [0.05, 0.1) is 5.75 Å². The fourth-order valence-electron chi connectivity index (χ4n) is 3.58. The molecule has 0 aliphatic rings. The lowest BCUT2D eigenvalue weighted by atomic mass is 10.0. The van der Waals surface area contributed by atoms with Crippen LogP contribution in [0.15, 0.2) is 58.6 Å². The van der Waals surface area contributed by atoms with Gasteiger partial charge in [0, 0.05) is 17.1 Å². The van der Waals surface area contributed by atoms with Crippen molar-refractivity contribution in [1.29, 1.82) is 0 Å². The van der Waals surface area contributed by atoms with E-state index >= 15 is 0 Å². The van der Waals surface area contributed by atoms with Crippen LogP contribution in [0.3, 0.4) is 0 Å². The van der Waals surface area contributed by atoms with E-state index in [1.165, 1.54) is 17.3 Å². The lowest BCUT2D eigenvalue weighted by Gasteiger charge is -2.20. The molecule has 1 N–H and O–H groups in total. The van der Waals surface area contributed by atoms with E-state index in [-0.39, 0.29) is 17.8 Å². The van der Waals surface area contributed by atoms with Crippen molar-refractivity contribution in [2.45, 2.75) is 63.2 Å². The van der Waals surface area contributed by atoms with Gasteiger partial charge in [0.25, 0.3) is 0 Å². The Labute approximate surface area is 211 Å². The van der Waals surface area contributed by atoms with Gasteiger partial charge >= 0.3 is 0 Å². The third-order valence-electron chi connectivity index (χ3n) is 5.19. The number of ether oxygens (including phenoxy) is 1. The number of carbonyl (C=O) groups is 1. The summed E-state index contributed by atoms with van der Waals surface area (Å²) < 4.78 is 8.42. The van der Waals surface area contributed by atoms with Crippen molar-refractivity contribution in [1.82, 2.24) is 14.8 Å². The lowest BCUT2D eigenvalue weighted by molar-refractivity contribution is -0.113. The number of anilines is 1. The first kappa shape index (κ1) is 26.2. The van der Waals surface area contributed by atoms with Crippen LogP contribution in [-0.2, 0) is 11.3 Å². The third kappa shape index (κ3) is 7.03. The predicted molar refractivity (Wildman–Crippen MR) is 142 cm³/mol. The van der Waals surface area contributed by atoms with E-state index in [1.54, 1.807) is 11.8 Å². The van der Waals surface area contributed by atoms with Gasteiger partial charge in [0.15, 0.2) is 17.1 Å². The first-order chi connectivity index (χ1) is 16.3. The monoisotopic (exact) mass is 498 g/mol. The second-order valence-corrected chi connectivity index (χ2v) is 10.7. The lowest BCUT2D eigenvalue weighted by Crippen LogP contribution is -2.17. The molecule has 0 aliphatic heterocycles. The van der Waals surface area contributed by atoms with Crippen molar-refractivity contribution < 1.29 is 9.53 Å². The van der Waals surface area contributed by atoms with Crippen LogP contribution in [-0.4, -0.2) is 32.7 Å². The van der Waals surface area contributed by atoms with Crippen LogP contribution in [0, 0.1) is 5.92 Å². The number of hydrogen-bond acceptors (Lipinski definition) is 6. The van der Waals surface area contributed by atoms with Gasteiger partial charge in [-0.05, 0) is 54.8 Å². The molecule has 0 saturated heterocycles. The van der Waals surface area contributed by atoms with Crippen molar-refractivity contribution in [3.63, 3.8) is 0 Å². The van der Waals surface area contributed by atoms with E-state index in [0.717, 1.165) is 33.9 Å². The Morgan fingerprint density at radius 3 is 2.53 bits per heavy atom. The molecule has 3 aromatic rings. The number of para-hydroxylation sites is 1. The third-order valence-corrected chi connectivity index (χ3v) is 6.88. The summed E-state index contributed by atoms with van der Waals surface area (Å²) in [6.45, 7) is 11.4. The maximum atomic E-state index is 12.6.